The van der Waals surface area contributed by atoms with E-state index >= 15 is 0 Å². The van der Waals surface area contributed by atoms with Crippen LogP contribution in [0, 0.1) is 11.3 Å². The first kappa shape index (κ1) is 15.9. The van der Waals surface area contributed by atoms with E-state index in [1.165, 1.54) is 23.6 Å². The first-order chi connectivity index (χ1) is 8.27. The van der Waals surface area contributed by atoms with Crippen LogP contribution in [0.2, 0.25) is 0 Å². The van der Waals surface area contributed by atoms with Crippen molar-refractivity contribution in [1.29, 1.82) is 0 Å². The summed E-state index contributed by atoms with van der Waals surface area (Å²) in [6, 6.07) is 0. The summed E-state index contributed by atoms with van der Waals surface area (Å²) >= 11 is 0. The lowest BCUT2D eigenvalue weighted by Gasteiger charge is -2.30. The molecule has 5 heteroatoms. The van der Waals surface area contributed by atoms with Crippen LogP contribution in [0.3, 0.4) is 0 Å². The molecule has 0 spiro atoms. The Kier molecular flexibility index (Phi) is 5.62. The van der Waals surface area contributed by atoms with E-state index in [0.29, 0.717) is 24.8 Å². The molecule has 0 bridgehead atoms. The Morgan fingerprint density at radius 3 is 2.28 bits per heavy atom. The fraction of sp³-hybridized carbons (Fsp3) is 1.00. The second-order valence-corrected chi connectivity index (χ2v) is 8.53. The van der Waals surface area contributed by atoms with Crippen LogP contribution in [0.5, 0.6) is 0 Å². The van der Waals surface area contributed by atoms with Gasteiger partial charge in [-0.15, -0.1) is 0 Å². The molecular weight excluding hydrogens is 248 g/mol. The van der Waals surface area contributed by atoms with Crippen LogP contribution in [-0.2, 0) is 10.0 Å². The molecule has 1 rings (SSSR count). The number of sulfonamides is 1. The number of hydrogen-bond acceptors (Lipinski definition) is 3. The van der Waals surface area contributed by atoms with E-state index < -0.39 is 10.0 Å². The SMILES string of the molecule is CN(CC(C)(C)CN)S(=O)(=O)CC1CCCCC1. The zero-order valence-electron chi connectivity index (χ0n) is 12.0. The Morgan fingerprint density at radius 2 is 1.78 bits per heavy atom. The molecule has 4 nitrogen and oxygen atoms in total. The Balaban J connectivity index is 2.56. The molecule has 0 aromatic heterocycles. The van der Waals surface area contributed by atoms with Gasteiger partial charge in [0.05, 0.1) is 5.75 Å². The van der Waals surface area contributed by atoms with Gasteiger partial charge in [-0.1, -0.05) is 33.1 Å². The summed E-state index contributed by atoms with van der Waals surface area (Å²) in [5.41, 5.74) is 5.50. The Hall–Kier alpha value is -0.130. The zero-order chi connectivity index (χ0) is 13.8. The molecule has 0 aromatic carbocycles. The molecular formula is C13H28N2O2S. The van der Waals surface area contributed by atoms with Gasteiger partial charge in [-0.2, -0.15) is 0 Å². The van der Waals surface area contributed by atoms with E-state index in [4.69, 9.17) is 5.73 Å². The van der Waals surface area contributed by atoms with Crippen molar-refractivity contribution in [1.82, 2.24) is 4.31 Å². The minimum absolute atomic E-state index is 0.158. The Bertz CT molecular complexity index is 346. The molecule has 18 heavy (non-hydrogen) atoms. The summed E-state index contributed by atoms with van der Waals surface area (Å²) in [6.07, 6.45) is 5.74. The fourth-order valence-corrected chi connectivity index (χ4v) is 4.27. The largest absolute Gasteiger partial charge is 0.330 e. The second-order valence-electron chi connectivity index (χ2n) is 6.41. The maximum absolute atomic E-state index is 12.3. The normalized spacial score (nSPS) is 19.4. The number of nitrogens with zero attached hydrogens (tertiary/aromatic N) is 1. The lowest BCUT2D eigenvalue weighted by Crippen LogP contribution is -2.41. The van der Waals surface area contributed by atoms with E-state index in [9.17, 15) is 8.42 Å². The number of nitrogens with two attached hydrogens (primary N) is 1. The minimum atomic E-state index is -3.13. The Labute approximate surface area is 112 Å². The van der Waals surface area contributed by atoms with Crippen LogP contribution in [0.25, 0.3) is 0 Å². The van der Waals surface area contributed by atoms with Crippen LogP contribution in [0.1, 0.15) is 46.0 Å². The van der Waals surface area contributed by atoms with Crippen LogP contribution in [-0.4, -0.2) is 38.6 Å². The average Bonchev–Trinajstić information content (AvgIpc) is 2.29. The summed E-state index contributed by atoms with van der Waals surface area (Å²) in [7, 11) is -1.45. The number of rotatable bonds is 6. The van der Waals surface area contributed by atoms with Crippen LogP contribution >= 0.6 is 0 Å². The van der Waals surface area contributed by atoms with E-state index in [2.05, 4.69) is 0 Å². The topological polar surface area (TPSA) is 63.4 Å². The van der Waals surface area contributed by atoms with Gasteiger partial charge in [0.1, 0.15) is 0 Å². The maximum Gasteiger partial charge on any atom is 0.214 e. The minimum Gasteiger partial charge on any atom is -0.330 e. The van der Waals surface area contributed by atoms with E-state index in [0.717, 1.165) is 12.8 Å². The van der Waals surface area contributed by atoms with Crippen LogP contribution in [0.15, 0.2) is 0 Å². The molecule has 1 fully saturated rings. The van der Waals surface area contributed by atoms with E-state index in [1.54, 1.807) is 7.05 Å². The van der Waals surface area contributed by atoms with Crippen molar-refractivity contribution in [2.75, 3.05) is 25.9 Å². The lowest BCUT2D eigenvalue weighted by atomic mass is 9.91. The van der Waals surface area contributed by atoms with Gasteiger partial charge in [-0.3, -0.25) is 0 Å². The van der Waals surface area contributed by atoms with Crippen molar-refractivity contribution in [2.45, 2.75) is 46.0 Å². The summed E-state index contributed by atoms with van der Waals surface area (Å²) in [6.45, 7) is 4.99. The van der Waals surface area contributed by atoms with Gasteiger partial charge in [0.25, 0.3) is 0 Å². The fourth-order valence-electron chi connectivity index (χ4n) is 2.54. The highest BCUT2D eigenvalue weighted by Gasteiger charge is 2.28. The third-order valence-electron chi connectivity index (χ3n) is 3.85. The molecule has 1 aliphatic rings. The molecule has 2 N–H and O–H groups in total. The van der Waals surface area contributed by atoms with Crippen LogP contribution in [0.4, 0.5) is 0 Å². The second kappa shape index (κ2) is 6.35. The maximum atomic E-state index is 12.3. The smallest absolute Gasteiger partial charge is 0.214 e. The third kappa shape index (κ3) is 4.86. The Morgan fingerprint density at radius 1 is 1.22 bits per heavy atom. The third-order valence-corrected chi connectivity index (χ3v) is 5.82. The highest BCUT2D eigenvalue weighted by molar-refractivity contribution is 7.89. The summed E-state index contributed by atoms with van der Waals surface area (Å²) in [5, 5.41) is 0. The van der Waals surface area contributed by atoms with Gasteiger partial charge < -0.3 is 5.73 Å². The first-order valence-corrected chi connectivity index (χ1v) is 8.52. The molecule has 0 amide bonds. The summed E-state index contributed by atoms with van der Waals surface area (Å²) in [4.78, 5) is 0. The predicted molar refractivity (Wildman–Crippen MR) is 75.8 cm³/mol. The molecule has 0 saturated heterocycles. The van der Waals surface area contributed by atoms with E-state index in [-0.39, 0.29) is 5.41 Å². The highest BCUT2D eigenvalue weighted by atomic mass is 32.2. The molecule has 1 aliphatic carbocycles. The predicted octanol–water partition coefficient (Wildman–Crippen LogP) is 1.81. The molecule has 0 radical (unpaired) electrons. The number of hydrogen-bond donors (Lipinski definition) is 1. The molecule has 1 saturated carbocycles. The van der Waals surface area contributed by atoms with Gasteiger partial charge in [-0.05, 0) is 30.7 Å². The van der Waals surface area contributed by atoms with Gasteiger partial charge in [0, 0.05) is 13.6 Å². The van der Waals surface area contributed by atoms with Gasteiger partial charge >= 0.3 is 0 Å². The van der Waals surface area contributed by atoms with Gasteiger partial charge in [-0.25, -0.2) is 12.7 Å². The molecule has 0 aliphatic heterocycles. The van der Waals surface area contributed by atoms with Gasteiger partial charge in [0.15, 0.2) is 0 Å². The molecule has 0 heterocycles. The quantitative estimate of drug-likeness (QED) is 0.805. The molecule has 0 atom stereocenters. The van der Waals surface area contributed by atoms with E-state index in [1.807, 2.05) is 13.8 Å². The monoisotopic (exact) mass is 276 g/mol. The van der Waals surface area contributed by atoms with Crippen molar-refractivity contribution in [3.63, 3.8) is 0 Å². The standard InChI is InChI=1S/C13H28N2O2S/c1-13(2,10-14)11-15(3)18(16,17)9-12-7-5-4-6-8-12/h12H,4-11,14H2,1-3H3. The molecule has 0 aromatic rings. The van der Waals surface area contributed by atoms with Crippen molar-refractivity contribution in [3.05, 3.63) is 0 Å². The van der Waals surface area contributed by atoms with Crippen molar-refractivity contribution in [2.24, 2.45) is 17.1 Å². The zero-order valence-corrected chi connectivity index (χ0v) is 12.8. The summed E-state index contributed by atoms with van der Waals surface area (Å²) in [5.74, 6) is 0.664. The van der Waals surface area contributed by atoms with Crippen molar-refractivity contribution < 1.29 is 8.42 Å². The van der Waals surface area contributed by atoms with Gasteiger partial charge in [0.2, 0.25) is 10.0 Å². The molecule has 108 valence electrons. The van der Waals surface area contributed by atoms with Crippen molar-refractivity contribution >= 4 is 10.0 Å². The van der Waals surface area contributed by atoms with Crippen molar-refractivity contribution in [3.8, 4) is 0 Å². The van der Waals surface area contributed by atoms with Crippen LogP contribution < -0.4 is 5.73 Å². The highest BCUT2D eigenvalue weighted by Crippen LogP contribution is 2.26. The first-order valence-electron chi connectivity index (χ1n) is 6.91. The average molecular weight is 276 g/mol. The lowest BCUT2D eigenvalue weighted by molar-refractivity contribution is 0.288. The summed E-state index contributed by atoms with van der Waals surface area (Å²) < 4.78 is 26.0. The molecule has 0 unspecified atom stereocenters.